The maximum absolute atomic E-state index is 12.9. The molecule has 1 saturated heterocycles. The summed E-state index contributed by atoms with van der Waals surface area (Å²) in [6, 6.07) is 8.30. The van der Waals surface area contributed by atoms with E-state index in [1.54, 1.807) is 13.0 Å². The van der Waals surface area contributed by atoms with Crippen LogP contribution in [0, 0.1) is 12.7 Å². The van der Waals surface area contributed by atoms with Crippen molar-refractivity contribution < 1.29 is 13.7 Å². The molecule has 2 aromatic rings. The number of aromatic nitrogens is 1. The molecule has 24 heavy (non-hydrogen) atoms. The molecule has 1 fully saturated rings. The Bertz CT molecular complexity index is 678. The lowest BCUT2D eigenvalue weighted by molar-refractivity contribution is -0.117. The van der Waals surface area contributed by atoms with Crippen LogP contribution in [0.2, 0.25) is 0 Å². The first-order chi connectivity index (χ1) is 11.6. The van der Waals surface area contributed by atoms with E-state index in [0.717, 1.165) is 38.3 Å². The molecule has 3 rings (SSSR count). The summed E-state index contributed by atoms with van der Waals surface area (Å²) in [6.45, 7) is 6.35. The lowest BCUT2D eigenvalue weighted by Gasteiger charge is -2.34. The minimum atomic E-state index is -0.211. The molecule has 0 aliphatic carbocycles. The van der Waals surface area contributed by atoms with Crippen LogP contribution in [0.4, 0.5) is 10.2 Å². The molecule has 128 valence electrons. The summed E-state index contributed by atoms with van der Waals surface area (Å²) in [5.41, 5.74) is 1.10. The topological polar surface area (TPSA) is 61.6 Å². The number of anilines is 1. The summed E-state index contributed by atoms with van der Waals surface area (Å²) in [5, 5.41) is 6.49. The number of benzene rings is 1. The first-order valence-corrected chi connectivity index (χ1v) is 8.01. The fourth-order valence-corrected chi connectivity index (χ4v) is 2.76. The van der Waals surface area contributed by atoms with Gasteiger partial charge >= 0.3 is 0 Å². The third kappa shape index (κ3) is 4.62. The van der Waals surface area contributed by atoms with Gasteiger partial charge in [0.05, 0.1) is 6.54 Å². The average Bonchev–Trinajstić information content (AvgIpc) is 2.96. The summed E-state index contributed by atoms with van der Waals surface area (Å²) >= 11 is 0. The van der Waals surface area contributed by atoms with E-state index in [4.69, 9.17) is 4.52 Å². The molecule has 0 spiro atoms. The molecule has 6 nitrogen and oxygen atoms in total. The normalized spacial score (nSPS) is 16.2. The van der Waals surface area contributed by atoms with Gasteiger partial charge in [0.2, 0.25) is 5.91 Å². The maximum Gasteiger partial charge on any atom is 0.239 e. The fraction of sp³-hybridized carbons (Fsp3) is 0.412. The number of nitrogens with zero attached hydrogens (tertiary/aromatic N) is 3. The van der Waals surface area contributed by atoms with E-state index in [9.17, 15) is 9.18 Å². The standard InChI is InChI=1S/C17H21FN4O2/c1-13-10-16(20-24-13)19-17(23)12-22-8-6-21(7-9-22)11-14-2-4-15(18)5-3-14/h2-5,10H,6-9,11-12H2,1H3,(H,19,20,23). The third-order valence-corrected chi connectivity index (χ3v) is 4.05. The van der Waals surface area contributed by atoms with E-state index < -0.39 is 0 Å². The first-order valence-electron chi connectivity index (χ1n) is 8.01. The highest BCUT2D eigenvalue weighted by molar-refractivity contribution is 5.91. The second kappa shape index (κ2) is 7.55. The van der Waals surface area contributed by atoms with Crippen LogP contribution in [0.25, 0.3) is 0 Å². The second-order valence-electron chi connectivity index (χ2n) is 6.05. The number of piperazine rings is 1. The molecule has 0 unspecified atom stereocenters. The number of carbonyl (C=O) groups excluding carboxylic acids is 1. The molecule has 1 N–H and O–H groups in total. The number of nitrogens with one attached hydrogen (secondary N) is 1. The Morgan fingerprint density at radius 3 is 2.50 bits per heavy atom. The minimum Gasteiger partial charge on any atom is -0.360 e. The summed E-state index contributed by atoms with van der Waals surface area (Å²) in [5.74, 6) is 0.819. The van der Waals surface area contributed by atoms with Crippen LogP contribution >= 0.6 is 0 Å². The number of aryl methyl sites for hydroxylation is 1. The predicted octanol–water partition coefficient (Wildman–Crippen LogP) is 1.88. The predicted molar refractivity (Wildman–Crippen MR) is 88.0 cm³/mol. The fourth-order valence-electron chi connectivity index (χ4n) is 2.76. The molecular weight excluding hydrogens is 311 g/mol. The number of halogens is 1. The van der Waals surface area contributed by atoms with Crippen molar-refractivity contribution in [1.29, 1.82) is 0 Å². The number of amides is 1. The van der Waals surface area contributed by atoms with Gasteiger partial charge in [-0.3, -0.25) is 14.6 Å². The first kappa shape index (κ1) is 16.6. The van der Waals surface area contributed by atoms with Gasteiger partial charge in [-0.05, 0) is 24.6 Å². The Morgan fingerprint density at radius 2 is 1.88 bits per heavy atom. The van der Waals surface area contributed by atoms with Gasteiger partial charge in [0.1, 0.15) is 11.6 Å². The van der Waals surface area contributed by atoms with Gasteiger partial charge in [-0.2, -0.15) is 0 Å². The van der Waals surface area contributed by atoms with Crippen LogP contribution in [0.1, 0.15) is 11.3 Å². The highest BCUT2D eigenvalue weighted by Crippen LogP contribution is 2.10. The van der Waals surface area contributed by atoms with Crippen LogP contribution in [-0.4, -0.2) is 53.6 Å². The van der Waals surface area contributed by atoms with Gasteiger partial charge in [-0.25, -0.2) is 4.39 Å². The van der Waals surface area contributed by atoms with Crippen LogP contribution in [0.5, 0.6) is 0 Å². The molecule has 1 aromatic carbocycles. The molecule has 1 amide bonds. The lowest BCUT2D eigenvalue weighted by Crippen LogP contribution is -2.48. The van der Waals surface area contributed by atoms with Crippen LogP contribution in [0.3, 0.4) is 0 Å². The summed E-state index contributed by atoms with van der Waals surface area (Å²) in [6.07, 6.45) is 0. The molecular formula is C17H21FN4O2. The highest BCUT2D eigenvalue weighted by atomic mass is 19.1. The second-order valence-corrected chi connectivity index (χ2v) is 6.05. The molecule has 7 heteroatoms. The lowest BCUT2D eigenvalue weighted by atomic mass is 10.2. The van der Waals surface area contributed by atoms with Gasteiger partial charge in [0.25, 0.3) is 0 Å². The summed E-state index contributed by atoms with van der Waals surface area (Å²) in [4.78, 5) is 16.4. The van der Waals surface area contributed by atoms with Crippen molar-refractivity contribution in [3.63, 3.8) is 0 Å². The van der Waals surface area contributed by atoms with Gasteiger partial charge in [-0.1, -0.05) is 17.3 Å². The van der Waals surface area contributed by atoms with E-state index in [-0.39, 0.29) is 11.7 Å². The molecule has 2 heterocycles. The van der Waals surface area contributed by atoms with Gasteiger partial charge in [0, 0.05) is 38.8 Å². The van der Waals surface area contributed by atoms with Crippen LogP contribution in [0.15, 0.2) is 34.9 Å². The van der Waals surface area contributed by atoms with E-state index in [0.29, 0.717) is 18.1 Å². The van der Waals surface area contributed by atoms with Crippen molar-refractivity contribution in [3.8, 4) is 0 Å². The monoisotopic (exact) mass is 332 g/mol. The van der Waals surface area contributed by atoms with Gasteiger partial charge < -0.3 is 9.84 Å². The Kier molecular flexibility index (Phi) is 5.22. The average molecular weight is 332 g/mol. The summed E-state index contributed by atoms with van der Waals surface area (Å²) < 4.78 is 17.9. The zero-order valence-electron chi connectivity index (χ0n) is 13.7. The smallest absolute Gasteiger partial charge is 0.239 e. The third-order valence-electron chi connectivity index (χ3n) is 4.05. The molecule has 0 bridgehead atoms. The van der Waals surface area contributed by atoms with E-state index in [2.05, 4.69) is 20.3 Å². The van der Waals surface area contributed by atoms with Crippen molar-refractivity contribution in [2.24, 2.45) is 0 Å². The van der Waals surface area contributed by atoms with Crippen LogP contribution in [-0.2, 0) is 11.3 Å². The number of rotatable bonds is 5. The van der Waals surface area contributed by atoms with E-state index in [1.165, 1.54) is 12.1 Å². The van der Waals surface area contributed by atoms with Gasteiger partial charge in [0.15, 0.2) is 5.82 Å². The molecule has 0 radical (unpaired) electrons. The van der Waals surface area contributed by atoms with Crippen molar-refractivity contribution in [1.82, 2.24) is 15.0 Å². The number of carbonyl (C=O) groups is 1. The number of hydrogen-bond donors (Lipinski definition) is 1. The molecule has 1 aliphatic heterocycles. The van der Waals surface area contributed by atoms with Crippen molar-refractivity contribution in [2.45, 2.75) is 13.5 Å². The number of hydrogen-bond acceptors (Lipinski definition) is 5. The Morgan fingerprint density at radius 1 is 1.21 bits per heavy atom. The SMILES string of the molecule is Cc1cc(NC(=O)CN2CCN(Cc3ccc(F)cc3)CC2)no1. The highest BCUT2D eigenvalue weighted by Gasteiger charge is 2.19. The molecule has 0 atom stereocenters. The summed E-state index contributed by atoms with van der Waals surface area (Å²) in [7, 11) is 0. The van der Waals surface area contributed by atoms with Crippen molar-refractivity contribution in [2.75, 3.05) is 38.0 Å². The van der Waals surface area contributed by atoms with E-state index in [1.807, 2.05) is 12.1 Å². The maximum atomic E-state index is 12.9. The van der Waals surface area contributed by atoms with Gasteiger partial charge in [-0.15, -0.1) is 0 Å². The minimum absolute atomic E-state index is 0.0877. The quantitative estimate of drug-likeness (QED) is 0.906. The molecule has 0 saturated carbocycles. The zero-order chi connectivity index (χ0) is 16.9. The Balaban J connectivity index is 1.41. The van der Waals surface area contributed by atoms with Crippen molar-refractivity contribution >= 4 is 11.7 Å². The molecule has 1 aromatic heterocycles. The van der Waals surface area contributed by atoms with Crippen molar-refractivity contribution in [3.05, 3.63) is 47.5 Å². The van der Waals surface area contributed by atoms with Crippen LogP contribution < -0.4 is 5.32 Å². The zero-order valence-corrected chi connectivity index (χ0v) is 13.7. The Labute approximate surface area is 140 Å². The Hall–Kier alpha value is -2.25. The largest absolute Gasteiger partial charge is 0.360 e. The molecule has 1 aliphatic rings. The van der Waals surface area contributed by atoms with E-state index >= 15 is 0 Å².